The molecule has 2 nitrogen and oxygen atoms in total. The molecule has 1 heterocycles. The Balaban J connectivity index is 2.27. The molecule has 2 heteroatoms. The minimum atomic E-state index is 0.582. The zero-order valence-corrected chi connectivity index (χ0v) is 11.9. The van der Waals surface area contributed by atoms with E-state index in [9.17, 15) is 0 Å². The van der Waals surface area contributed by atoms with Gasteiger partial charge in [0.05, 0.1) is 0 Å². The summed E-state index contributed by atoms with van der Waals surface area (Å²) in [5.41, 5.74) is 2.95. The Morgan fingerprint density at radius 2 is 1.89 bits per heavy atom. The van der Waals surface area contributed by atoms with Crippen LogP contribution in [0.3, 0.4) is 0 Å². The standard InChI is InChI=1S/C16H26N2/c1-4-13(2)16(18-11-9-17-10-12-18)15-8-6-5-7-14(15)3/h5-8,13,16-17H,4,9-12H2,1-3H3/t13?,16-/m1/s1. The van der Waals surface area contributed by atoms with Gasteiger partial charge in [0.25, 0.3) is 0 Å². The molecule has 0 saturated carbocycles. The average molecular weight is 246 g/mol. The van der Waals surface area contributed by atoms with Crippen LogP contribution in [-0.2, 0) is 0 Å². The topological polar surface area (TPSA) is 15.3 Å². The van der Waals surface area contributed by atoms with E-state index in [2.05, 4.69) is 55.3 Å². The summed E-state index contributed by atoms with van der Waals surface area (Å²) in [4.78, 5) is 2.66. The van der Waals surface area contributed by atoms with Crippen LogP contribution < -0.4 is 5.32 Å². The van der Waals surface area contributed by atoms with Crippen molar-refractivity contribution in [1.82, 2.24) is 10.2 Å². The maximum atomic E-state index is 3.45. The highest BCUT2D eigenvalue weighted by atomic mass is 15.2. The van der Waals surface area contributed by atoms with Gasteiger partial charge in [-0.05, 0) is 24.0 Å². The van der Waals surface area contributed by atoms with E-state index < -0.39 is 0 Å². The van der Waals surface area contributed by atoms with Crippen molar-refractivity contribution in [3.05, 3.63) is 35.4 Å². The molecule has 0 bridgehead atoms. The van der Waals surface area contributed by atoms with Crippen molar-refractivity contribution in [1.29, 1.82) is 0 Å². The van der Waals surface area contributed by atoms with Gasteiger partial charge < -0.3 is 5.32 Å². The summed E-state index contributed by atoms with van der Waals surface area (Å²) in [5.74, 6) is 0.712. The van der Waals surface area contributed by atoms with Gasteiger partial charge in [-0.25, -0.2) is 0 Å². The number of nitrogens with one attached hydrogen (secondary N) is 1. The first-order valence-corrected chi connectivity index (χ1v) is 7.24. The number of benzene rings is 1. The fourth-order valence-corrected chi connectivity index (χ4v) is 2.97. The third-order valence-electron chi connectivity index (χ3n) is 4.24. The van der Waals surface area contributed by atoms with Crippen LogP contribution in [0.5, 0.6) is 0 Å². The van der Waals surface area contributed by atoms with E-state index in [1.54, 1.807) is 0 Å². The lowest BCUT2D eigenvalue weighted by Crippen LogP contribution is -2.46. The molecule has 1 fully saturated rings. The van der Waals surface area contributed by atoms with Crippen molar-refractivity contribution in [2.45, 2.75) is 33.2 Å². The van der Waals surface area contributed by atoms with Gasteiger partial charge in [-0.15, -0.1) is 0 Å². The number of hydrogen-bond acceptors (Lipinski definition) is 2. The molecule has 0 amide bonds. The molecule has 2 atom stereocenters. The largest absolute Gasteiger partial charge is 0.314 e. The second kappa shape index (κ2) is 6.35. The summed E-state index contributed by atoms with van der Waals surface area (Å²) in [5, 5.41) is 3.45. The highest BCUT2D eigenvalue weighted by Crippen LogP contribution is 2.32. The summed E-state index contributed by atoms with van der Waals surface area (Å²) >= 11 is 0. The molecule has 1 N–H and O–H groups in total. The Morgan fingerprint density at radius 3 is 2.50 bits per heavy atom. The van der Waals surface area contributed by atoms with Crippen LogP contribution >= 0.6 is 0 Å². The third kappa shape index (κ3) is 2.93. The quantitative estimate of drug-likeness (QED) is 0.878. The molecular weight excluding hydrogens is 220 g/mol. The van der Waals surface area contributed by atoms with Gasteiger partial charge >= 0.3 is 0 Å². The molecule has 18 heavy (non-hydrogen) atoms. The van der Waals surface area contributed by atoms with Gasteiger partial charge in [-0.1, -0.05) is 44.5 Å². The Morgan fingerprint density at radius 1 is 1.22 bits per heavy atom. The number of nitrogens with zero attached hydrogens (tertiary/aromatic N) is 1. The molecule has 1 aliphatic heterocycles. The van der Waals surface area contributed by atoms with Crippen molar-refractivity contribution in [2.75, 3.05) is 26.2 Å². The molecule has 1 aliphatic rings. The van der Waals surface area contributed by atoms with Gasteiger partial charge in [0.1, 0.15) is 0 Å². The number of rotatable bonds is 4. The fourth-order valence-electron chi connectivity index (χ4n) is 2.97. The van der Waals surface area contributed by atoms with Crippen molar-refractivity contribution in [2.24, 2.45) is 5.92 Å². The highest BCUT2D eigenvalue weighted by Gasteiger charge is 2.27. The van der Waals surface area contributed by atoms with E-state index in [1.165, 1.54) is 30.6 Å². The lowest BCUT2D eigenvalue weighted by molar-refractivity contribution is 0.128. The van der Waals surface area contributed by atoms with Crippen LogP contribution in [0.4, 0.5) is 0 Å². The summed E-state index contributed by atoms with van der Waals surface area (Å²) in [6.45, 7) is 11.5. The highest BCUT2D eigenvalue weighted by molar-refractivity contribution is 5.29. The van der Waals surface area contributed by atoms with Crippen molar-refractivity contribution in [3.8, 4) is 0 Å². The van der Waals surface area contributed by atoms with E-state index in [0.29, 0.717) is 12.0 Å². The molecular formula is C16H26N2. The first-order valence-electron chi connectivity index (χ1n) is 7.24. The maximum absolute atomic E-state index is 3.45. The number of aryl methyl sites for hydroxylation is 1. The molecule has 0 spiro atoms. The molecule has 0 radical (unpaired) electrons. The second-order valence-electron chi connectivity index (χ2n) is 5.47. The van der Waals surface area contributed by atoms with Gasteiger partial charge in [0, 0.05) is 32.2 Å². The van der Waals surface area contributed by atoms with Gasteiger partial charge in [0.2, 0.25) is 0 Å². The zero-order valence-electron chi connectivity index (χ0n) is 11.9. The van der Waals surface area contributed by atoms with E-state index in [0.717, 1.165) is 13.1 Å². The maximum Gasteiger partial charge on any atom is 0.0377 e. The SMILES string of the molecule is CCC(C)[C@H](c1ccccc1C)N1CCNCC1. The first kappa shape index (κ1) is 13.6. The Labute approximate surface area is 111 Å². The Bertz CT molecular complexity index is 369. The lowest BCUT2D eigenvalue weighted by Gasteiger charge is -2.39. The first-order chi connectivity index (χ1) is 8.74. The summed E-state index contributed by atoms with van der Waals surface area (Å²) in [7, 11) is 0. The van der Waals surface area contributed by atoms with Crippen LogP contribution in [0, 0.1) is 12.8 Å². The summed E-state index contributed by atoms with van der Waals surface area (Å²) in [6.07, 6.45) is 1.24. The molecule has 1 aromatic carbocycles. The van der Waals surface area contributed by atoms with Gasteiger partial charge in [-0.3, -0.25) is 4.90 Å². The Kier molecular flexibility index (Phi) is 4.79. The second-order valence-corrected chi connectivity index (χ2v) is 5.47. The van der Waals surface area contributed by atoms with Crippen LogP contribution in [-0.4, -0.2) is 31.1 Å². The monoisotopic (exact) mass is 246 g/mol. The lowest BCUT2D eigenvalue weighted by atomic mass is 9.88. The number of hydrogen-bond donors (Lipinski definition) is 1. The van der Waals surface area contributed by atoms with Crippen LogP contribution in [0.1, 0.15) is 37.4 Å². The van der Waals surface area contributed by atoms with E-state index in [1.807, 2.05) is 0 Å². The van der Waals surface area contributed by atoms with Crippen molar-refractivity contribution < 1.29 is 0 Å². The van der Waals surface area contributed by atoms with Crippen LogP contribution in [0.25, 0.3) is 0 Å². The van der Waals surface area contributed by atoms with E-state index in [-0.39, 0.29) is 0 Å². The predicted octanol–water partition coefficient (Wildman–Crippen LogP) is 2.99. The fraction of sp³-hybridized carbons (Fsp3) is 0.625. The molecule has 1 aromatic rings. The Hall–Kier alpha value is -0.860. The normalized spacial score (nSPS) is 20.6. The zero-order chi connectivity index (χ0) is 13.0. The number of piperazine rings is 1. The predicted molar refractivity (Wildman–Crippen MR) is 77.8 cm³/mol. The van der Waals surface area contributed by atoms with Crippen LogP contribution in [0.2, 0.25) is 0 Å². The van der Waals surface area contributed by atoms with Crippen LogP contribution in [0.15, 0.2) is 24.3 Å². The van der Waals surface area contributed by atoms with E-state index in [4.69, 9.17) is 0 Å². The molecule has 0 aliphatic carbocycles. The van der Waals surface area contributed by atoms with Gasteiger partial charge in [0.15, 0.2) is 0 Å². The van der Waals surface area contributed by atoms with Crippen molar-refractivity contribution in [3.63, 3.8) is 0 Å². The molecule has 2 rings (SSSR count). The van der Waals surface area contributed by atoms with Crippen molar-refractivity contribution >= 4 is 0 Å². The molecule has 1 saturated heterocycles. The van der Waals surface area contributed by atoms with E-state index >= 15 is 0 Å². The smallest absolute Gasteiger partial charge is 0.0377 e. The summed E-state index contributed by atoms with van der Waals surface area (Å²) in [6, 6.07) is 9.46. The molecule has 1 unspecified atom stereocenters. The minimum Gasteiger partial charge on any atom is -0.314 e. The van der Waals surface area contributed by atoms with Gasteiger partial charge in [-0.2, -0.15) is 0 Å². The summed E-state index contributed by atoms with van der Waals surface area (Å²) < 4.78 is 0. The molecule has 100 valence electrons. The molecule has 0 aromatic heterocycles. The minimum absolute atomic E-state index is 0.582. The average Bonchev–Trinajstić information content (AvgIpc) is 2.42. The third-order valence-corrected chi connectivity index (χ3v) is 4.24.